The van der Waals surface area contributed by atoms with E-state index < -0.39 is 0 Å². The molecule has 7 heteroatoms. The smallest absolute Gasteiger partial charge is 0.242 e. The van der Waals surface area contributed by atoms with E-state index >= 15 is 0 Å². The van der Waals surface area contributed by atoms with Gasteiger partial charge in [-0.25, -0.2) is 9.67 Å². The third-order valence-electron chi connectivity index (χ3n) is 4.87. The summed E-state index contributed by atoms with van der Waals surface area (Å²) < 4.78 is 13.5. The summed E-state index contributed by atoms with van der Waals surface area (Å²) in [5.41, 5.74) is 10.7. The summed E-state index contributed by atoms with van der Waals surface area (Å²) in [4.78, 5) is 8.60. The van der Waals surface area contributed by atoms with E-state index in [1.165, 1.54) is 6.42 Å². The Kier molecular flexibility index (Phi) is 3.60. The van der Waals surface area contributed by atoms with Gasteiger partial charge in [0, 0.05) is 23.9 Å². The van der Waals surface area contributed by atoms with Crippen LogP contribution in [0.15, 0.2) is 36.8 Å². The number of ether oxygens (including phenoxy) is 2. The Morgan fingerprint density at radius 1 is 1.15 bits per heavy atom. The number of hydrogen-bond acceptors (Lipinski definition) is 6. The summed E-state index contributed by atoms with van der Waals surface area (Å²) in [6.07, 6.45) is 8.86. The molecule has 2 N–H and O–H groups in total. The highest BCUT2D eigenvalue weighted by molar-refractivity contribution is 5.75. The fourth-order valence-electron chi connectivity index (χ4n) is 3.52. The van der Waals surface area contributed by atoms with Gasteiger partial charge >= 0.3 is 0 Å². The second-order valence-electron chi connectivity index (χ2n) is 6.64. The van der Waals surface area contributed by atoms with Crippen molar-refractivity contribution in [1.29, 1.82) is 0 Å². The van der Waals surface area contributed by atoms with Crippen molar-refractivity contribution in [2.24, 2.45) is 0 Å². The number of nitrogen functional groups attached to an aromatic ring is 1. The molecular weight excluding hydrogens is 330 g/mol. The molecule has 2 aliphatic heterocycles. The van der Waals surface area contributed by atoms with Crippen LogP contribution in [-0.2, 0) is 11.3 Å². The standard InChI is InChI=1S/C19H19N5O2/c20-16-9-21-18-15-5-4-12(7-13(15)11-26-19(18)23-16)14-8-22-24(10-14)17-3-1-2-6-25-17/h4-5,7-10,17H,1-3,6,11H2,(H2,20,23). The zero-order valence-corrected chi connectivity index (χ0v) is 14.3. The quantitative estimate of drug-likeness (QED) is 0.764. The minimum atomic E-state index is 0.0473. The summed E-state index contributed by atoms with van der Waals surface area (Å²) in [6.45, 7) is 1.26. The van der Waals surface area contributed by atoms with E-state index in [0.29, 0.717) is 18.3 Å². The van der Waals surface area contributed by atoms with Crippen LogP contribution in [0.1, 0.15) is 31.1 Å². The third-order valence-corrected chi connectivity index (χ3v) is 4.87. The number of hydrogen-bond donors (Lipinski definition) is 1. The molecule has 0 aliphatic carbocycles. The highest BCUT2D eigenvalue weighted by Crippen LogP contribution is 2.37. The number of rotatable bonds is 2. The fraction of sp³-hybridized carbons (Fsp3) is 0.316. The second-order valence-corrected chi connectivity index (χ2v) is 6.64. The molecule has 1 atom stereocenters. The average molecular weight is 349 g/mol. The van der Waals surface area contributed by atoms with E-state index in [2.05, 4.69) is 39.5 Å². The molecule has 7 nitrogen and oxygen atoms in total. The molecule has 1 unspecified atom stereocenters. The van der Waals surface area contributed by atoms with E-state index in [1.54, 1.807) is 6.20 Å². The molecule has 0 bridgehead atoms. The number of nitrogens with two attached hydrogens (primary N) is 1. The van der Waals surface area contributed by atoms with Gasteiger partial charge in [-0.05, 0) is 36.5 Å². The number of anilines is 1. The molecule has 1 aromatic carbocycles. The Balaban J connectivity index is 1.47. The van der Waals surface area contributed by atoms with Crippen molar-refractivity contribution in [3.05, 3.63) is 42.4 Å². The maximum absolute atomic E-state index is 5.81. The van der Waals surface area contributed by atoms with Crippen molar-refractivity contribution < 1.29 is 9.47 Å². The van der Waals surface area contributed by atoms with Gasteiger partial charge in [0.25, 0.3) is 0 Å². The van der Waals surface area contributed by atoms with E-state index in [4.69, 9.17) is 15.2 Å². The lowest BCUT2D eigenvalue weighted by molar-refractivity contribution is -0.0394. The lowest BCUT2D eigenvalue weighted by Crippen LogP contribution is -2.18. The van der Waals surface area contributed by atoms with Gasteiger partial charge in [0.15, 0.2) is 0 Å². The first-order valence-electron chi connectivity index (χ1n) is 8.83. The first-order chi connectivity index (χ1) is 12.8. The van der Waals surface area contributed by atoms with Crippen LogP contribution < -0.4 is 10.5 Å². The van der Waals surface area contributed by atoms with Crippen LogP contribution in [0.5, 0.6) is 5.88 Å². The predicted molar refractivity (Wildman–Crippen MR) is 96.3 cm³/mol. The molecule has 0 radical (unpaired) electrons. The Morgan fingerprint density at radius 3 is 3.00 bits per heavy atom. The minimum Gasteiger partial charge on any atom is -0.471 e. The molecule has 132 valence electrons. The SMILES string of the molecule is Nc1cnc2c(n1)OCc1cc(-c3cnn(C4CCCCO4)c3)ccc1-2. The first kappa shape index (κ1) is 15.3. The van der Waals surface area contributed by atoms with Crippen molar-refractivity contribution >= 4 is 5.82 Å². The van der Waals surface area contributed by atoms with Gasteiger partial charge in [0.05, 0.1) is 12.4 Å². The van der Waals surface area contributed by atoms with Crippen molar-refractivity contribution in [2.75, 3.05) is 12.3 Å². The zero-order chi connectivity index (χ0) is 17.5. The second kappa shape index (κ2) is 6.10. The monoisotopic (exact) mass is 349 g/mol. The average Bonchev–Trinajstić information content (AvgIpc) is 3.18. The van der Waals surface area contributed by atoms with Gasteiger partial charge in [-0.2, -0.15) is 10.1 Å². The number of nitrogens with zero attached hydrogens (tertiary/aromatic N) is 4. The highest BCUT2D eigenvalue weighted by Gasteiger charge is 2.21. The highest BCUT2D eigenvalue weighted by atomic mass is 16.5. The molecule has 0 saturated carbocycles. The lowest BCUT2D eigenvalue weighted by Gasteiger charge is -2.22. The van der Waals surface area contributed by atoms with Crippen molar-refractivity contribution in [2.45, 2.75) is 32.1 Å². The molecule has 1 saturated heterocycles. The first-order valence-corrected chi connectivity index (χ1v) is 8.83. The molecule has 5 rings (SSSR count). The van der Waals surface area contributed by atoms with Crippen LogP contribution in [0.2, 0.25) is 0 Å². The predicted octanol–water partition coefficient (Wildman–Crippen LogP) is 3.18. The van der Waals surface area contributed by atoms with Gasteiger partial charge in [0.1, 0.15) is 24.3 Å². The summed E-state index contributed by atoms with van der Waals surface area (Å²) in [5, 5.41) is 4.50. The summed E-state index contributed by atoms with van der Waals surface area (Å²) in [7, 11) is 0. The van der Waals surface area contributed by atoms with Gasteiger partial charge < -0.3 is 15.2 Å². The molecule has 1 fully saturated rings. The fourth-order valence-corrected chi connectivity index (χ4v) is 3.52. The Labute approximate surface area is 150 Å². The van der Waals surface area contributed by atoms with E-state index in [0.717, 1.165) is 47.4 Å². The summed E-state index contributed by atoms with van der Waals surface area (Å²) in [6, 6.07) is 6.26. The minimum absolute atomic E-state index is 0.0473. The van der Waals surface area contributed by atoms with E-state index in [9.17, 15) is 0 Å². The van der Waals surface area contributed by atoms with Crippen LogP contribution in [0.4, 0.5) is 5.82 Å². The normalized spacial score (nSPS) is 18.7. The van der Waals surface area contributed by atoms with Crippen LogP contribution in [0.3, 0.4) is 0 Å². The summed E-state index contributed by atoms with van der Waals surface area (Å²) in [5.74, 6) is 0.855. The van der Waals surface area contributed by atoms with Gasteiger partial charge in [-0.15, -0.1) is 0 Å². The molecule has 4 heterocycles. The molecule has 3 aromatic rings. The van der Waals surface area contributed by atoms with E-state index in [1.807, 2.05) is 10.9 Å². The molecule has 2 aliphatic rings. The third kappa shape index (κ3) is 2.61. The molecule has 26 heavy (non-hydrogen) atoms. The Morgan fingerprint density at radius 2 is 2.12 bits per heavy atom. The Hall–Kier alpha value is -2.93. The number of fused-ring (bicyclic) bond motifs is 3. The van der Waals surface area contributed by atoms with E-state index in [-0.39, 0.29) is 6.23 Å². The Bertz CT molecular complexity index is 962. The van der Waals surface area contributed by atoms with Crippen LogP contribution >= 0.6 is 0 Å². The van der Waals surface area contributed by atoms with Crippen LogP contribution in [0, 0.1) is 0 Å². The maximum atomic E-state index is 5.81. The van der Waals surface area contributed by atoms with Gasteiger partial charge in [-0.3, -0.25) is 0 Å². The van der Waals surface area contributed by atoms with Crippen molar-refractivity contribution in [1.82, 2.24) is 19.7 Å². The van der Waals surface area contributed by atoms with Crippen LogP contribution in [0.25, 0.3) is 22.4 Å². The molecule has 0 spiro atoms. The lowest BCUT2D eigenvalue weighted by atomic mass is 9.98. The zero-order valence-electron chi connectivity index (χ0n) is 14.3. The van der Waals surface area contributed by atoms with Crippen LogP contribution in [-0.4, -0.2) is 26.4 Å². The van der Waals surface area contributed by atoms with Crippen molar-refractivity contribution in [3.63, 3.8) is 0 Å². The molecule has 0 amide bonds. The number of aromatic nitrogens is 4. The van der Waals surface area contributed by atoms with Crippen molar-refractivity contribution in [3.8, 4) is 28.3 Å². The largest absolute Gasteiger partial charge is 0.471 e. The molecule has 2 aromatic heterocycles. The topological polar surface area (TPSA) is 88.1 Å². The maximum Gasteiger partial charge on any atom is 0.242 e. The van der Waals surface area contributed by atoms with Gasteiger partial charge in [-0.1, -0.05) is 12.1 Å². The molecular formula is C19H19N5O2. The van der Waals surface area contributed by atoms with Gasteiger partial charge in [0.2, 0.25) is 5.88 Å². The summed E-state index contributed by atoms with van der Waals surface area (Å²) >= 11 is 0. The number of benzene rings is 1.